The summed E-state index contributed by atoms with van der Waals surface area (Å²) in [6, 6.07) is 13.2. The van der Waals surface area contributed by atoms with Crippen LogP contribution in [0.2, 0.25) is 0 Å². The van der Waals surface area contributed by atoms with Gasteiger partial charge in [-0.1, -0.05) is 25.5 Å². The van der Waals surface area contributed by atoms with Gasteiger partial charge in [0.2, 0.25) is 5.91 Å². The molecule has 0 atom stereocenters. The van der Waals surface area contributed by atoms with Gasteiger partial charge in [0.25, 0.3) is 0 Å². The fourth-order valence-electron chi connectivity index (χ4n) is 3.14. The number of carbonyl (C=O) groups is 1. The summed E-state index contributed by atoms with van der Waals surface area (Å²) in [6.07, 6.45) is 3.50. The quantitative estimate of drug-likeness (QED) is 0.632. The molecule has 1 aromatic heterocycles. The summed E-state index contributed by atoms with van der Waals surface area (Å²) >= 11 is 0. The van der Waals surface area contributed by atoms with Gasteiger partial charge in [-0.05, 0) is 73.2 Å². The molecule has 4 nitrogen and oxygen atoms in total. The Bertz CT molecular complexity index is 1020. The molecule has 0 unspecified atom stereocenters. The monoisotopic (exact) mass is 363 g/mol. The Morgan fingerprint density at radius 2 is 1.74 bits per heavy atom. The summed E-state index contributed by atoms with van der Waals surface area (Å²) in [7, 11) is 0. The lowest BCUT2D eigenvalue weighted by atomic mass is 10.0. The number of carbonyl (C=O) groups excluding carboxylic acids is 1. The van der Waals surface area contributed by atoms with E-state index in [0.717, 1.165) is 41.5 Å². The normalized spacial score (nSPS) is 10.9. The highest BCUT2D eigenvalue weighted by Gasteiger charge is 2.12. The summed E-state index contributed by atoms with van der Waals surface area (Å²) in [6.45, 7) is 6.15. The van der Waals surface area contributed by atoms with Crippen molar-refractivity contribution in [3.8, 4) is 0 Å². The number of rotatable bonds is 6. The van der Waals surface area contributed by atoms with E-state index < -0.39 is 5.63 Å². The van der Waals surface area contributed by atoms with Crippen LogP contribution in [0.15, 0.2) is 51.7 Å². The van der Waals surface area contributed by atoms with Crippen LogP contribution in [0.4, 0.5) is 5.69 Å². The number of unbranched alkanes of at least 4 members (excludes halogenated alkanes) is 1. The van der Waals surface area contributed by atoms with Crippen molar-refractivity contribution in [2.45, 2.75) is 46.5 Å². The number of benzene rings is 2. The predicted octanol–water partition coefficient (Wildman–Crippen LogP) is 4.93. The lowest BCUT2D eigenvalue weighted by Gasteiger charge is -2.09. The van der Waals surface area contributed by atoms with Crippen LogP contribution >= 0.6 is 0 Å². The van der Waals surface area contributed by atoms with Gasteiger partial charge in [-0.3, -0.25) is 4.79 Å². The average molecular weight is 363 g/mol. The van der Waals surface area contributed by atoms with Gasteiger partial charge in [-0.2, -0.15) is 0 Å². The van der Waals surface area contributed by atoms with E-state index in [0.29, 0.717) is 11.1 Å². The molecule has 3 rings (SSSR count). The Labute approximate surface area is 159 Å². The van der Waals surface area contributed by atoms with Crippen molar-refractivity contribution in [2.75, 3.05) is 5.32 Å². The van der Waals surface area contributed by atoms with Gasteiger partial charge in [0.1, 0.15) is 5.58 Å². The first-order chi connectivity index (χ1) is 13.0. The lowest BCUT2D eigenvalue weighted by molar-refractivity contribution is -0.115. The Morgan fingerprint density at radius 3 is 2.44 bits per heavy atom. The molecule has 0 fully saturated rings. The molecule has 0 spiro atoms. The minimum absolute atomic E-state index is 0.127. The van der Waals surface area contributed by atoms with Crippen LogP contribution in [-0.4, -0.2) is 5.91 Å². The smallest absolute Gasteiger partial charge is 0.336 e. The van der Waals surface area contributed by atoms with Crippen molar-refractivity contribution < 1.29 is 9.21 Å². The fraction of sp³-hybridized carbons (Fsp3) is 0.304. The van der Waals surface area contributed by atoms with E-state index in [1.807, 2.05) is 50.2 Å². The number of hydrogen-bond donors (Lipinski definition) is 1. The maximum Gasteiger partial charge on any atom is 0.336 e. The van der Waals surface area contributed by atoms with Gasteiger partial charge in [0.05, 0.1) is 6.42 Å². The van der Waals surface area contributed by atoms with Gasteiger partial charge < -0.3 is 9.73 Å². The zero-order chi connectivity index (χ0) is 19.4. The topological polar surface area (TPSA) is 59.3 Å². The van der Waals surface area contributed by atoms with Gasteiger partial charge in [0, 0.05) is 17.1 Å². The first-order valence-corrected chi connectivity index (χ1v) is 9.39. The summed E-state index contributed by atoms with van der Waals surface area (Å²) in [5, 5.41) is 3.72. The number of anilines is 1. The van der Waals surface area contributed by atoms with Crippen molar-refractivity contribution in [1.82, 2.24) is 0 Å². The van der Waals surface area contributed by atoms with Crippen LogP contribution in [0.3, 0.4) is 0 Å². The molecule has 0 saturated heterocycles. The third kappa shape index (κ3) is 4.64. The zero-order valence-corrected chi connectivity index (χ0v) is 16.1. The lowest BCUT2D eigenvalue weighted by Crippen LogP contribution is -2.16. The molecule has 0 radical (unpaired) electrons. The van der Waals surface area contributed by atoms with E-state index in [2.05, 4.69) is 12.2 Å². The Balaban J connectivity index is 1.78. The second-order valence-electron chi connectivity index (χ2n) is 7.05. The largest absolute Gasteiger partial charge is 0.423 e. The molecule has 1 heterocycles. The van der Waals surface area contributed by atoms with Gasteiger partial charge in [-0.15, -0.1) is 0 Å². The molecule has 3 aromatic rings. The third-order valence-electron chi connectivity index (χ3n) is 4.85. The first-order valence-electron chi connectivity index (χ1n) is 9.39. The van der Waals surface area contributed by atoms with Crippen molar-refractivity contribution in [3.05, 3.63) is 75.1 Å². The van der Waals surface area contributed by atoms with Crippen molar-refractivity contribution >= 4 is 22.6 Å². The molecule has 1 N–H and O–H groups in total. The van der Waals surface area contributed by atoms with Gasteiger partial charge in [-0.25, -0.2) is 4.79 Å². The highest BCUT2D eigenvalue weighted by atomic mass is 16.4. The van der Waals surface area contributed by atoms with E-state index in [9.17, 15) is 9.59 Å². The zero-order valence-electron chi connectivity index (χ0n) is 16.1. The molecule has 0 aliphatic carbocycles. The number of fused-ring (bicyclic) bond motifs is 1. The third-order valence-corrected chi connectivity index (χ3v) is 4.85. The Morgan fingerprint density at radius 1 is 1.04 bits per heavy atom. The maximum atomic E-state index is 12.5. The van der Waals surface area contributed by atoms with Crippen LogP contribution in [0.1, 0.15) is 42.0 Å². The van der Waals surface area contributed by atoms with E-state index in [-0.39, 0.29) is 12.3 Å². The molecule has 2 aromatic carbocycles. The highest BCUT2D eigenvalue weighted by Crippen LogP contribution is 2.22. The van der Waals surface area contributed by atoms with Crippen LogP contribution in [0.25, 0.3) is 11.0 Å². The second kappa shape index (κ2) is 8.21. The van der Waals surface area contributed by atoms with Crippen molar-refractivity contribution in [3.63, 3.8) is 0 Å². The predicted molar refractivity (Wildman–Crippen MR) is 109 cm³/mol. The number of hydrogen-bond acceptors (Lipinski definition) is 3. The van der Waals surface area contributed by atoms with Gasteiger partial charge >= 0.3 is 5.63 Å². The Kier molecular flexibility index (Phi) is 5.75. The van der Waals surface area contributed by atoms with Crippen molar-refractivity contribution in [2.24, 2.45) is 0 Å². The second-order valence-corrected chi connectivity index (χ2v) is 7.05. The SMILES string of the molecule is CCCCc1ccc(NC(=O)Cc2cc(=O)oc3cc(C)c(C)cc23)cc1. The first kappa shape index (κ1) is 18.9. The van der Waals surface area contributed by atoms with Crippen LogP contribution in [0.5, 0.6) is 0 Å². The van der Waals surface area contributed by atoms with Crippen LogP contribution < -0.4 is 10.9 Å². The minimum Gasteiger partial charge on any atom is -0.423 e. The molecule has 0 saturated carbocycles. The van der Waals surface area contributed by atoms with Crippen LogP contribution in [-0.2, 0) is 17.6 Å². The number of nitrogens with one attached hydrogen (secondary N) is 1. The molecular formula is C23H25NO3. The van der Waals surface area contributed by atoms with Crippen LogP contribution in [0, 0.1) is 13.8 Å². The van der Waals surface area contributed by atoms with Gasteiger partial charge in [0.15, 0.2) is 0 Å². The number of amides is 1. The maximum absolute atomic E-state index is 12.5. The summed E-state index contributed by atoms with van der Waals surface area (Å²) < 4.78 is 5.30. The van der Waals surface area contributed by atoms with E-state index in [1.165, 1.54) is 11.6 Å². The fourth-order valence-corrected chi connectivity index (χ4v) is 3.14. The van der Waals surface area contributed by atoms with E-state index >= 15 is 0 Å². The minimum atomic E-state index is -0.436. The van der Waals surface area contributed by atoms with Crippen molar-refractivity contribution in [1.29, 1.82) is 0 Å². The summed E-state index contributed by atoms with van der Waals surface area (Å²) in [5.41, 5.74) is 4.95. The molecular weight excluding hydrogens is 338 g/mol. The Hall–Kier alpha value is -2.88. The number of aryl methyl sites for hydroxylation is 3. The summed E-state index contributed by atoms with van der Waals surface area (Å²) in [4.78, 5) is 24.4. The highest BCUT2D eigenvalue weighted by molar-refractivity contribution is 5.95. The molecule has 0 aliphatic heterocycles. The molecule has 0 aliphatic rings. The average Bonchev–Trinajstić information content (AvgIpc) is 2.62. The molecule has 1 amide bonds. The summed E-state index contributed by atoms with van der Waals surface area (Å²) in [5.74, 6) is -0.151. The molecule has 27 heavy (non-hydrogen) atoms. The molecule has 140 valence electrons. The van der Waals surface area contributed by atoms with E-state index in [1.54, 1.807) is 0 Å². The standard InChI is InChI=1S/C23H25NO3/c1-4-5-6-17-7-9-19(10-8-17)24-22(25)13-18-14-23(26)27-21-12-16(3)15(2)11-20(18)21/h7-12,14H,4-6,13H2,1-3H3,(H,24,25). The molecule has 0 bridgehead atoms. The molecule has 4 heteroatoms. The van der Waals surface area contributed by atoms with E-state index in [4.69, 9.17) is 4.42 Å².